The highest BCUT2D eigenvalue weighted by Gasteiger charge is 2.20. The van der Waals surface area contributed by atoms with Crippen molar-refractivity contribution in [1.82, 2.24) is 8.96 Å². The van der Waals surface area contributed by atoms with Gasteiger partial charge >= 0.3 is 0 Å². The first-order chi connectivity index (χ1) is 14.0. The molecular formula is C22H15ClN2O3S. The minimum Gasteiger partial charge on any atom is -0.289 e. The van der Waals surface area contributed by atoms with Crippen molar-refractivity contribution in [3.8, 4) is 0 Å². The lowest BCUT2D eigenvalue weighted by Crippen LogP contribution is -2.11. The summed E-state index contributed by atoms with van der Waals surface area (Å²) < 4.78 is 27.5. The SMILES string of the molecule is O=C(/C=C/c1cn(S(=O)(=O)c2ccc(Cl)cc2)c2ccccc12)c1ccncc1. The molecule has 0 amide bonds. The van der Waals surface area contributed by atoms with E-state index in [2.05, 4.69) is 4.98 Å². The minimum absolute atomic E-state index is 0.131. The van der Waals surface area contributed by atoms with Crippen LogP contribution in [-0.4, -0.2) is 23.2 Å². The van der Waals surface area contributed by atoms with Gasteiger partial charge in [-0.3, -0.25) is 9.78 Å². The Morgan fingerprint density at radius 2 is 1.66 bits per heavy atom. The Hall–Kier alpha value is -3.22. The van der Waals surface area contributed by atoms with Gasteiger partial charge in [-0.25, -0.2) is 12.4 Å². The molecule has 5 nitrogen and oxygen atoms in total. The van der Waals surface area contributed by atoms with E-state index in [1.54, 1.807) is 42.7 Å². The van der Waals surface area contributed by atoms with Gasteiger partial charge in [-0.15, -0.1) is 0 Å². The second-order valence-corrected chi connectivity index (χ2v) is 8.54. The molecule has 0 aliphatic carbocycles. The van der Waals surface area contributed by atoms with Crippen molar-refractivity contribution in [2.45, 2.75) is 4.90 Å². The number of rotatable bonds is 5. The van der Waals surface area contributed by atoms with Gasteiger partial charge in [0, 0.05) is 40.1 Å². The van der Waals surface area contributed by atoms with E-state index in [9.17, 15) is 13.2 Å². The van der Waals surface area contributed by atoms with Gasteiger partial charge in [0.1, 0.15) is 0 Å². The summed E-state index contributed by atoms with van der Waals surface area (Å²) in [7, 11) is -3.82. The molecule has 0 bridgehead atoms. The summed E-state index contributed by atoms with van der Waals surface area (Å²) in [5, 5.41) is 1.18. The van der Waals surface area contributed by atoms with Crippen molar-refractivity contribution in [1.29, 1.82) is 0 Å². The van der Waals surface area contributed by atoms with E-state index < -0.39 is 10.0 Å². The molecule has 0 aliphatic rings. The fourth-order valence-corrected chi connectivity index (χ4v) is 4.51. The Kier molecular flexibility index (Phi) is 5.05. The van der Waals surface area contributed by atoms with Crippen molar-refractivity contribution in [2.75, 3.05) is 0 Å². The smallest absolute Gasteiger partial charge is 0.268 e. The number of carbonyl (C=O) groups excluding carboxylic acids is 1. The van der Waals surface area contributed by atoms with E-state index in [-0.39, 0.29) is 10.7 Å². The maximum absolute atomic E-state index is 13.2. The van der Waals surface area contributed by atoms with Crippen molar-refractivity contribution in [3.05, 3.63) is 101 Å². The third kappa shape index (κ3) is 3.72. The molecule has 0 fully saturated rings. The Labute approximate surface area is 172 Å². The van der Waals surface area contributed by atoms with Gasteiger partial charge < -0.3 is 0 Å². The summed E-state index contributed by atoms with van der Waals surface area (Å²) in [6.45, 7) is 0. The number of aromatic nitrogens is 2. The summed E-state index contributed by atoms with van der Waals surface area (Å²) >= 11 is 5.88. The number of carbonyl (C=O) groups is 1. The van der Waals surface area contributed by atoms with Crippen LogP contribution in [0.5, 0.6) is 0 Å². The molecular weight excluding hydrogens is 408 g/mol. The molecule has 0 unspecified atom stereocenters. The summed E-state index contributed by atoms with van der Waals surface area (Å²) in [5.74, 6) is -0.190. The van der Waals surface area contributed by atoms with Crippen LogP contribution in [0.1, 0.15) is 15.9 Å². The fourth-order valence-electron chi connectivity index (χ4n) is 3.01. The first-order valence-corrected chi connectivity index (χ1v) is 10.5. The molecule has 2 heterocycles. The number of nitrogens with zero attached hydrogens (tertiary/aromatic N) is 2. The zero-order chi connectivity index (χ0) is 20.4. The number of hydrogen-bond donors (Lipinski definition) is 0. The van der Waals surface area contributed by atoms with Crippen molar-refractivity contribution >= 4 is 44.4 Å². The highest BCUT2D eigenvalue weighted by molar-refractivity contribution is 7.90. The molecule has 0 spiro atoms. The maximum atomic E-state index is 13.2. The highest BCUT2D eigenvalue weighted by atomic mass is 35.5. The normalized spacial score (nSPS) is 11.9. The van der Waals surface area contributed by atoms with Gasteiger partial charge in [-0.05, 0) is 54.6 Å². The molecule has 2 aromatic carbocycles. The van der Waals surface area contributed by atoms with E-state index in [1.807, 2.05) is 12.1 Å². The van der Waals surface area contributed by atoms with E-state index in [0.29, 0.717) is 21.7 Å². The average Bonchev–Trinajstić information content (AvgIpc) is 3.12. The Balaban J connectivity index is 1.79. The molecule has 0 radical (unpaired) electrons. The molecule has 2 aromatic heterocycles. The lowest BCUT2D eigenvalue weighted by atomic mass is 10.1. The van der Waals surface area contributed by atoms with Gasteiger partial charge in [0.15, 0.2) is 5.78 Å². The number of halogens is 1. The Bertz CT molecular complexity index is 1330. The number of para-hydroxylation sites is 1. The highest BCUT2D eigenvalue weighted by Crippen LogP contribution is 2.27. The number of benzene rings is 2. The fraction of sp³-hybridized carbons (Fsp3) is 0. The number of ketones is 1. The van der Waals surface area contributed by atoms with Crippen LogP contribution in [0.3, 0.4) is 0 Å². The lowest BCUT2D eigenvalue weighted by molar-refractivity contribution is 0.104. The maximum Gasteiger partial charge on any atom is 0.268 e. The summed E-state index contributed by atoms with van der Waals surface area (Å²) in [4.78, 5) is 16.4. The van der Waals surface area contributed by atoms with Gasteiger partial charge in [-0.1, -0.05) is 29.8 Å². The zero-order valence-corrected chi connectivity index (χ0v) is 16.6. The predicted octanol–water partition coefficient (Wildman–Crippen LogP) is 4.82. The van der Waals surface area contributed by atoms with Crippen LogP contribution in [0.15, 0.2) is 90.2 Å². The number of hydrogen-bond acceptors (Lipinski definition) is 4. The van der Waals surface area contributed by atoms with Crippen LogP contribution in [-0.2, 0) is 10.0 Å². The topological polar surface area (TPSA) is 69.0 Å². The van der Waals surface area contributed by atoms with Crippen molar-refractivity contribution in [3.63, 3.8) is 0 Å². The zero-order valence-electron chi connectivity index (χ0n) is 15.1. The van der Waals surface area contributed by atoms with Crippen molar-refractivity contribution < 1.29 is 13.2 Å². The van der Waals surface area contributed by atoms with E-state index >= 15 is 0 Å². The molecule has 4 aromatic rings. The van der Waals surface area contributed by atoms with Gasteiger partial charge in [0.2, 0.25) is 0 Å². The van der Waals surface area contributed by atoms with Crippen LogP contribution in [0.2, 0.25) is 5.02 Å². The third-order valence-corrected chi connectivity index (χ3v) is 6.40. The molecule has 29 heavy (non-hydrogen) atoms. The first-order valence-electron chi connectivity index (χ1n) is 8.70. The second-order valence-electron chi connectivity index (χ2n) is 6.29. The molecule has 0 atom stereocenters. The Morgan fingerprint density at radius 3 is 2.38 bits per heavy atom. The third-order valence-electron chi connectivity index (χ3n) is 4.46. The minimum atomic E-state index is -3.82. The molecule has 0 N–H and O–H groups in total. The van der Waals surface area contributed by atoms with Gasteiger partial charge in [0.05, 0.1) is 10.4 Å². The largest absolute Gasteiger partial charge is 0.289 e. The number of allylic oxidation sites excluding steroid dienone is 1. The summed E-state index contributed by atoms with van der Waals surface area (Å²) in [6.07, 6.45) is 7.66. The lowest BCUT2D eigenvalue weighted by Gasteiger charge is -2.07. The van der Waals surface area contributed by atoms with Crippen LogP contribution in [0, 0.1) is 0 Å². The Morgan fingerprint density at radius 1 is 0.966 bits per heavy atom. The molecule has 0 saturated carbocycles. The first kappa shape index (κ1) is 19.1. The molecule has 144 valence electrons. The van der Waals surface area contributed by atoms with E-state index in [4.69, 9.17) is 11.6 Å². The molecule has 0 saturated heterocycles. The second kappa shape index (κ2) is 7.66. The van der Waals surface area contributed by atoms with Crippen LogP contribution in [0.4, 0.5) is 0 Å². The monoisotopic (exact) mass is 422 g/mol. The quantitative estimate of drug-likeness (QED) is 0.341. The molecule has 0 aliphatic heterocycles. The van der Waals surface area contributed by atoms with Crippen LogP contribution >= 0.6 is 11.6 Å². The van der Waals surface area contributed by atoms with E-state index in [1.165, 1.54) is 40.5 Å². The van der Waals surface area contributed by atoms with Crippen molar-refractivity contribution in [2.24, 2.45) is 0 Å². The van der Waals surface area contributed by atoms with E-state index in [0.717, 1.165) is 5.39 Å². The summed E-state index contributed by atoms with van der Waals surface area (Å²) in [5.41, 5.74) is 1.66. The standard InChI is InChI=1S/C22H15ClN2O3S/c23-18-6-8-19(9-7-18)29(27,28)25-15-17(20-3-1-2-4-21(20)25)5-10-22(26)16-11-13-24-14-12-16/h1-15H/b10-5+. The molecule has 4 rings (SSSR count). The molecule has 7 heteroatoms. The average molecular weight is 423 g/mol. The number of fused-ring (bicyclic) bond motifs is 1. The predicted molar refractivity (Wildman–Crippen MR) is 114 cm³/mol. The van der Waals surface area contributed by atoms with Gasteiger partial charge in [-0.2, -0.15) is 0 Å². The van der Waals surface area contributed by atoms with Crippen LogP contribution < -0.4 is 0 Å². The van der Waals surface area contributed by atoms with Crippen LogP contribution in [0.25, 0.3) is 17.0 Å². The number of pyridine rings is 1. The summed E-state index contributed by atoms with van der Waals surface area (Å²) in [6, 6.07) is 16.4. The van der Waals surface area contributed by atoms with Gasteiger partial charge in [0.25, 0.3) is 10.0 Å².